The zero-order valence-corrected chi connectivity index (χ0v) is 24.7. The van der Waals surface area contributed by atoms with Crippen molar-refractivity contribution in [2.75, 3.05) is 6.61 Å². The summed E-state index contributed by atoms with van der Waals surface area (Å²) in [6, 6.07) is 12.1. The summed E-state index contributed by atoms with van der Waals surface area (Å²) in [5, 5.41) is 12.2. The van der Waals surface area contributed by atoms with Gasteiger partial charge in [-0.15, -0.1) is 0 Å². The van der Waals surface area contributed by atoms with E-state index in [1.165, 1.54) is 0 Å². The highest BCUT2D eigenvalue weighted by Gasteiger charge is 2.68. The number of benzene rings is 1. The van der Waals surface area contributed by atoms with Crippen molar-refractivity contribution in [2.45, 2.75) is 115 Å². The molecule has 6 rings (SSSR count). The number of ether oxygens (including phenoxy) is 1. The smallest absolute Gasteiger partial charge is 0.447 e. The van der Waals surface area contributed by atoms with Gasteiger partial charge in [0.15, 0.2) is 0 Å². The molecule has 3 aliphatic carbocycles. The maximum atomic E-state index is 13.3. The lowest BCUT2D eigenvalue weighted by atomic mass is 9.43. The molecule has 6 unspecified atom stereocenters. The van der Waals surface area contributed by atoms with E-state index < -0.39 is 24.7 Å². The number of hydrogen-bond acceptors (Lipinski definition) is 6. The topological polar surface area (TPSA) is 101 Å². The van der Waals surface area contributed by atoms with Gasteiger partial charge in [0.25, 0.3) is 0 Å². The van der Waals surface area contributed by atoms with Crippen LogP contribution in [0.3, 0.4) is 0 Å². The van der Waals surface area contributed by atoms with E-state index in [1.54, 1.807) is 4.90 Å². The molecule has 2 heterocycles. The first kappa shape index (κ1) is 28.9. The fraction of sp³-hybridized carbons (Fsp3) is 0.710. The number of nitriles is 1. The molecule has 2 amide bonds. The number of alkyl carbamates (subject to hydrolysis) is 1. The van der Waals surface area contributed by atoms with Crippen LogP contribution in [0.15, 0.2) is 30.3 Å². The van der Waals surface area contributed by atoms with Crippen LogP contribution in [0.25, 0.3) is 0 Å². The number of likely N-dealkylation sites (tertiary alicyclic amines) is 1. The van der Waals surface area contributed by atoms with E-state index in [-0.39, 0.29) is 42.1 Å². The Hall–Kier alpha value is -2.57. The molecule has 7 atom stereocenters. The van der Waals surface area contributed by atoms with Gasteiger partial charge in [-0.05, 0) is 75.2 Å². The minimum atomic E-state index is -0.643. The monoisotopic (exact) mass is 549 g/mol. The number of amides is 2. The van der Waals surface area contributed by atoms with E-state index in [0.29, 0.717) is 18.3 Å². The van der Waals surface area contributed by atoms with Crippen molar-refractivity contribution in [3.63, 3.8) is 0 Å². The number of nitrogens with one attached hydrogen (secondary N) is 1. The molecule has 2 bridgehead atoms. The van der Waals surface area contributed by atoms with Crippen LogP contribution in [0, 0.1) is 28.6 Å². The lowest BCUT2D eigenvalue weighted by Gasteiger charge is -2.64. The summed E-state index contributed by atoms with van der Waals surface area (Å²) in [6.45, 7) is 11.0. The van der Waals surface area contributed by atoms with Crippen molar-refractivity contribution in [3.05, 3.63) is 35.9 Å². The summed E-state index contributed by atoms with van der Waals surface area (Å²) in [6.07, 6.45) is 5.35. The maximum Gasteiger partial charge on any atom is 0.482 e. The molecule has 2 aliphatic heterocycles. The van der Waals surface area contributed by atoms with Crippen LogP contribution < -0.4 is 5.32 Å². The van der Waals surface area contributed by atoms with Gasteiger partial charge in [-0.1, -0.05) is 57.5 Å². The molecule has 216 valence electrons. The maximum absolute atomic E-state index is 13.3. The lowest BCUT2D eigenvalue weighted by molar-refractivity contribution is -0.199. The second kappa shape index (κ2) is 11.0. The summed E-state index contributed by atoms with van der Waals surface area (Å²) in [4.78, 5) is 28.0. The van der Waals surface area contributed by atoms with Crippen molar-refractivity contribution in [2.24, 2.45) is 17.3 Å². The standard InChI is InChI=1S/C31H44BN3O5/c1-6-10-23-13-15-30(4,35(23)27(36)14-16-33)20-38-28(37)34-26(17-21-11-8-7-9-12-21)32-39-25-19-22-18-24(29(22,2)3)31(25,5)40-32/h7-9,11-12,22-26H,6,10,13-15,17-20H2,1-5H3,(H,34,37)/t22?,23?,24?,25?,26?,30?,31-/m0/s1. The molecule has 8 nitrogen and oxygen atoms in total. The van der Waals surface area contributed by atoms with E-state index >= 15 is 0 Å². The van der Waals surface area contributed by atoms with Gasteiger partial charge in [-0.3, -0.25) is 4.79 Å². The van der Waals surface area contributed by atoms with Gasteiger partial charge in [0, 0.05) is 6.04 Å². The number of rotatable bonds is 9. The first-order valence-electron chi connectivity index (χ1n) is 15.0. The van der Waals surface area contributed by atoms with Crippen molar-refractivity contribution in [3.8, 4) is 6.07 Å². The van der Waals surface area contributed by atoms with Gasteiger partial charge in [-0.25, -0.2) is 4.79 Å². The Bertz CT molecular complexity index is 1140. The fourth-order valence-corrected chi connectivity index (χ4v) is 8.14. The fourth-order valence-electron chi connectivity index (χ4n) is 8.14. The number of hydrogen-bond donors (Lipinski definition) is 1. The zero-order valence-electron chi connectivity index (χ0n) is 24.7. The molecule has 5 aliphatic rings. The summed E-state index contributed by atoms with van der Waals surface area (Å²) in [5.41, 5.74) is 0.279. The molecule has 5 fully saturated rings. The van der Waals surface area contributed by atoms with Crippen molar-refractivity contribution >= 4 is 19.1 Å². The first-order chi connectivity index (χ1) is 19.0. The van der Waals surface area contributed by atoms with Gasteiger partial charge in [0.2, 0.25) is 5.91 Å². The van der Waals surface area contributed by atoms with E-state index in [0.717, 1.165) is 44.1 Å². The van der Waals surface area contributed by atoms with E-state index in [2.05, 4.69) is 33.0 Å². The molecule has 1 aromatic rings. The van der Waals surface area contributed by atoms with Gasteiger partial charge < -0.3 is 24.3 Å². The average molecular weight is 550 g/mol. The van der Waals surface area contributed by atoms with Gasteiger partial charge in [0.05, 0.1) is 29.3 Å². The Morgan fingerprint density at radius 1 is 1.23 bits per heavy atom. The SMILES string of the molecule is CCCC1CCC(C)(COC(=O)NC(Cc2ccccc2)B2OC3CC4CC(C4(C)C)[C@]3(C)O2)N1C(=O)CC#N. The molecular weight excluding hydrogens is 505 g/mol. The van der Waals surface area contributed by atoms with Gasteiger partial charge in [-0.2, -0.15) is 5.26 Å². The third kappa shape index (κ3) is 5.14. The highest BCUT2D eigenvalue weighted by Crippen LogP contribution is 2.65. The average Bonchev–Trinajstić information content (AvgIpc) is 3.44. The molecule has 3 saturated carbocycles. The Kier molecular flexibility index (Phi) is 7.97. The molecule has 1 N–H and O–H groups in total. The summed E-state index contributed by atoms with van der Waals surface area (Å²) < 4.78 is 19.1. The Balaban J connectivity index is 1.28. The largest absolute Gasteiger partial charge is 0.482 e. The second-order valence-electron chi connectivity index (χ2n) is 13.4. The molecular formula is C31H44BN3O5. The van der Waals surface area contributed by atoms with Crippen molar-refractivity contribution < 1.29 is 23.6 Å². The predicted octanol–water partition coefficient (Wildman–Crippen LogP) is 5.05. The van der Waals surface area contributed by atoms with Crippen LogP contribution in [-0.4, -0.2) is 59.9 Å². The van der Waals surface area contributed by atoms with Gasteiger partial charge >= 0.3 is 13.2 Å². The minimum absolute atomic E-state index is 0.0120. The molecule has 40 heavy (non-hydrogen) atoms. The molecule has 2 saturated heterocycles. The zero-order chi connectivity index (χ0) is 28.7. The normalized spacial score (nSPS) is 34.4. The molecule has 1 aromatic carbocycles. The van der Waals surface area contributed by atoms with Crippen LogP contribution in [0.4, 0.5) is 4.79 Å². The molecule has 0 spiro atoms. The highest BCUT2D eigenvalue weighted by molar-refractivity contribution is 6.47. The van der Waals surface area contributed by atoms with Crippen LogP contribution >= 0.6 is 0 Å². The van der Waals surface area contributed by atoms with Crippen molar-refractivity contribution in [1.29, 1.82) is 5.26 Å². The Morgan fingerprint density at radius 2 is 1.98 bits per heavy atom. The minimum Gasteiger partial charge on any atom is -0.447 e. The summed E-state index contributed by atoms with van der Waals surface area (Å²) >= 11 is 0. The Labute approximate surface area is 239 Å². The van der Waals surface area contributed by atoms with Gasteiger partial charge in [0.1, 0.15) is 13.0 Å². The highest BCUT2D eigenvalue weighted by atomic mass is 16.7. The first-order valence-corrected chi connectivity index (χ1v) is 15.0. The summed E-state index contributed by atoms with van der Waals surface area (Å²) in [5.74, 6) is 0.433. The second-order valence-corrected chi connectivity index (χ2v) is 13.4. The van der Waals surface area contributed by atoms with Crippen LogP contribution in [0.1, 0.15) is 85.1 Å². The molecule has 0 radical (unpaired) electrons. The quantitative estimate of drug-likeness (QED) is 0.433. The van der Waals surface area contributed by atoms with Crippen LogP contribution in [-0.2, 0) is 25.3 Å². The van der Waals surface area contributed by atoms with Crippen molar-refractivity contribution in [1.82, 2.24) is 10.2 Å². The molecule has 0 aromatic heterocycles. The number of carbonyl (C=O) groups excluding carboxylic acids is 2. The number of carbonyl (C=O) groups is 2. The Morgan fingerprint density at radius 3 is 2.65 bits per heavy atom. The third-order valence-electron chi connectivity index (χ3n) is 10.5. The summed E-state index contributed by atoms with van der Waals surface area (Å²) in [7, 11) is -0.581. The number of nitrogens with zero attached hydrogens (tertiary/aromatic N) is 2. The van der Waals surface area contributed by atoms with Crippen LogP contribution in [0.2, 0.25) is 0 Å². The van der Waals surface area contributed by atoms with E-state index in [4.69, 9.17) is 19.3 Å². The van der Waals surface area contributed by atoms with Crippen LogP contribution in [0.5, 0.6) is 0 Å². The van der Waals surface area contributed by atoms with E-state index in [1.807, 2.05) is 43.3 Å². The van der Waals surface area contributed by atoms with E-state index in [9.17, 15) is 9.59 Å². The lowest BCUT2D eigenvalue weighted by Crippen LogP contribution is -2.65. The third-order valence-corrected chi connectivity index (χ3v) is 10.5. The predicted molar refractivity (Wildman–Crippen MR) is 152 cm³/mol. The molecule has 9 heteroatoms.